The van der Waals surface area contributed by atoms with Crippen molar-refractivity contribution in [2.45, 2.75) is 13.0 Å². The third-order valence-electron chi connectivity index (χ3n) is 2.84. The maximum Gasteiger partial charge on any atom is 0.276 e. The van der Waals surface area contributed by atoms with Gasteiger partial charge in [-0.3, -0.25) is 4.79 Å². The molecule has 2 N–H and O–H groups in total. The van der Waals surface area contributed by atoms with E-state index >= 15 is 0 Å². The first kappa shape index (κ1) is 11.6. The number of ether oxygens (including phenoxy) is 1. The van der Waals surface area contributed by atoms with Gasteiger partial charge >= 0.3 is 0 Å². The molecule has 1 aromatic carbocycles. The van der Waals surface area contributed by atoms with Crippen molar-refractivity contribution >= 4 is 11.6 Å². The molecule has 1 aliphatic rings. The van der Waals surface area contributed by atoms with E-state index in [9.17, 15) is 9.90 Å². The summed E-state index contributed by atoms with van der Waals surface area (Å²) in [5, 5.41) is 16.2. The van der Waals surface area contributed by atoms with Gasteiger partial charge in [0.05, 0.1) is 6.61 Å². The Labute approximate surface area is 109 Å². The predicted octanol–water partition coefficient (Wildman–Crippen LogP) is 1.62. The molecule has 2 aromatic rings. The van der Waals surface area contributed by atoms with Gasteiger partial charge in [-0.1, -0.05) is 6.07 Å². The molecule has 0 spiro atoms. The SMILES string of the molecule is O=C(Nc1cccc(O)c1)c1cc2n(n1)CCCO2. The number of nitrogens with one attached hydrogen (secondary N) is 1. The van der Waals surface area contributed by atoms with Crippen molar-refractivity contribution in [3.63, 3.8) is 0 Å². The quantitative estimate of drug-likeness (QED) is 0.859. The van der Waals surface area contributed by atoms with Crippen LogP contribution in [0.4, 0.5) is 5.69 Å². The molecule has 0 fully saturated rings. The zero-order valence-electron chi connectivity index (χ0n) is 10.2. The van der Waals surface area contributed by atoms with Crippen molar-refractivity contribution in [3.05, 3.63) is 36.0 Å². The van der Waals surface area contributed by atoms with E-state index in [2.05, 4.69) is 10.4 Å². The van der Waals surface area contributed by atoms with Crippen molar-refractivity contribution in [1.29, 1.82) is 0 Å². The van der Waals surface area contributed by atoms with E-state index in [0.717, 1.165) is 13.0 Å². The van der Waals surface area contributed by atoms with Gasteiger partial charge in [0.15, 0.2) is 5.69 Å². The van der Waals surface area contributed by atoms with Gasteiger partial charge in [0, 0.05) is 30.8 Å². The fraction of sp³-hybridized carbons (Fsp3) is 0.231. The summed E-state index contributed by atoms with van der Waals surface area (Å²) in [6.45, 7) is 1.41. The number of aromatic hydroxyl groups is 1. The van der Waals surface area contributed by atoms with Gasteiger partial charge in [0.25, 0.3) is 5.91 Å². The van der Waals surface area contributed by atoms with Gasteiger partial charge in [-0.2, -0.15) is 5.10 Å². The summed E-state index contributed by atoms with van der Waals surface area (Å²) in [4.78, 5) is 12.0. The number of aromatic nitrogens is 2. The second-order valence-electron chi connectivity index (χ2n) is 4.30. The molecular weight excluding hydrogens is 246 g/mol. The second-order valence-corrected chi connectivity index (χ2v) is 4.30. The van der Waals surface area contributed by atoms with Crippen LogP contribution < -0.4 is 10.1 Å². The maximum absolute atomic E-state index is 12.0. The molecule has 0 atom stereocenters. The van der Waals surface area contributed by atoms with Gasteiger partial charge in [-0.15, -0.1) is 0 Å². The number of carbonyl (C=O) groups excluding carboxylic acids is 1. The summed E-state index contributed by atoms with van der Waals surface area (Å²) >= 11 is 0. The number of aryl methyl sites for hydroxylation is 1. The molecule has 0 saturated heterocycles. The Balaban J connectivity index is 1.78. The van der Waals surface area contributed by atoms with Gasteiger partial charge in [0.2, 0.25) is 5.88 Å². The molecule has 0 saturated carbocycles. The maximum atomic E-state index is 12.0. The van der Waals surface area contributed by atoms with Crippen molar-refractivity contribution in [3.8, 4) is 11.6 Å². The van der Waals surface area contributed by atoms with E-state index in [1.165, 1.54) is 6.07 Å². The highest BCUT2D eigenvalue weighted by molar-refractivity contribution is 6.03. The van der Waals surface area contributed by atoms with Crippen LogP contribution in [-0.2, 0) is 6.54 Å². The number of phenolic OH excluding ortho intramolecular Hbond substituents is 1. The van der Waals surface area contributed by atoms with E-state index in [1.54, 1.807) is 28.9 Å². The van der Waals surface area contributed by atoms with Crippen LogP contribution in [0.1, 0.15) is 16.9 Å². The Morgan fingerprint density at radius 2 is 2.32 bits per heavy atom. The Hall–Kier alpha value is -2.50. The van der Waals surface area contributed by atoms with Crippen LogP contribution in [0.5, 0.6) is 11.6 Å². The van der Waals surface area contributed by atoms with E-state index in [-0.39, 0.29) is 11.7 Å². The Bertz CT molecular complexity index is 598. The summed E-state index contributed by atoms with van der Waals surface area (Å²) in [7, 11) is 0. The monoisotopic (exact) mass is 259 g/mol. The topological polar surface area (TPSA) is 76.4 Å². The number of hydrogen-bond donors (Lipinski definition) is 2. The second kappa shape index (κ2) is 4.64. The van der Waals surface area contributed by atoms with Crippen molar-refractivity contribution < 1.29 is 14.6 Å². The van der Waals surface area contributed by atoms with Crippen molar-refractivity contribution in [2.24, 2.45) is 0 Å². The summed E-state index contributed by atoms with van der Waals surface area (Å²) in [6.07, 6.45) is 0.891. The fourth-order valence-electron chi connectivity index (χ4n) is 1.96. The van der Waals surface area contributed by atoms with Crippen LogP contribution in [0, 0.1) is 0 Å². The number of phenols is 1. The molecule has 98 valence electrons. The molecule has 0 radical (unpaired) electrons. The summed E-state index contributed by atoms with van der Waals surface area (Å²) in [5.41, 5.74) is 0.831. The summed E-state index contributed by atoms with van der Waals surface area (Å²) in [5.74, 6) is 0.397. The molecule has 0 unspecified atom stereocenters. The Morgan fingerprint density at radius 3 is 3.11 bits per heavy atom. The fourth-order valence-corrected chi connectivity index (χ4v) is 1.96. The first-order chi connectivity index (χ1) is 9.22. The molecule has 0 aliphatic carbocycles. The van der Waals surface area contributed by atoms with Crippen LogP contribution in [-0.4, -0.2) is 27.4 Å². The summed E-state index contributed by atoms with van der Waals surface area (Å²) in [6, 6.07) is 8.00. The number of anilines is 1. The molecule has 3 rings (SSSR count). The van der Waals surface area contributed by atoms with Gasteiger partial charge < -0.3 is 15.2 Å². The van der Waals surface area contributed by atoms with Crippen LogP contribution in [0.15, 0.2) is 30.3 Å². The largest absolute Gasteiger partial charge is 0.508 e. The molecular formula is C13H13N3O3. The smallest absolute Gasteiger partial charge is 0.276 e. The standard InChI is InChI=1S/C13H13N3O3/c17-10-4-1-3-9(7-10)14-13(18)11-8-12-16(15-11)5-2-6-19-12/h1,3-4,7-8,17H,2,5-6H2,(H,14,18). The molecule has 19 heavy (non-hydrogen) atoms. The molecule has 1 aromatic heterocycles. The average Bonchev–Trinajstić information content (AvgIpc) is 2.82. The van der Waals surface area contributed by atoms with Crippen molar-refractivity contribution in [1.82, 2.24) is 9.78 Å². The van der Waals surface area contributed by atoms with Gasteiger partial charge in [0.1, 0.15) is 5.75 Å². The number of fused-ring (bicyclic) bond motifs is 1. The van der Waals surface area contributed by atoms with E-state index in [0.29, 0.717) is 23.9 Å². The van der Waals surface area contributed by atoms with Crippen LogP contribution in [0.25, 0.3) is 0 Å². The van der Waals surface area contributed by atoms with Crippen LogP contribution >= 0.6 is 0 Å². The Kier molecular flexibility index (Phi) is 2.83. The highest BCUT2D eigenvalue weighted by atomic mass is 16.5. The summed E-state index contributed by atoms with van der Waals surface area (Å²) < 4.78 is 7.09. The lowest BCUT2D eigenvalue weighted by molar-refractivity contribution is 0.102. The normalized spacial score (nSPS) is 13.5. The number of benzene rings is 1. The minimum atomic E-state index is -0.323. The van der Waals surface area contributed by atoms with Gasteiger partial charge in [-0.25, -0.2) is 4.68 Å². The van der Waals surface area contributed by atoms with Crippen molar-refractivity contribution in [2.75, 3.05) is 11.9 Å². The first-order valence-corrected chi connectivity index (χ1v) is 6.03. The highest BCUT2D eigenvalue weighted by Gasteiger charge is 2.17. The first-order valence-electron chi connectivity index (χ1n) is 6.03. The van der Waals surface area contributed by atoms with Crippen LogP contribution in [0.2, 0.25) is 0 Å². The highest BCUT2D eigenvalue weighted by Crippen LogP contribution is 2.20. The molecule has 1 aliphatic heterocycles. The lowest BCUT2D eigenvalue weighted by Crippen LogP contribution is -2.16. The lowest BCUT2D eigenvalue weighted by Gasteiger charge is -2.13. The number of rotatable bonds is 2. The molecule has 1 amide bonds. The number of nitrogens with zero attached hydrogens (tertiary/aromatic N) is 2. The van der Waals surface area contributed by atoms with Gasteiger partial charge in [-0.05, 0) is 12.1 Å². The van der Waals surface area contributed by atoms with E-state index in [1.807, 2.05) is 0 Å². The zero-order valence-corrected chi connectivity index (χ0v) is 10.2. The van der Waals surface area contributed by atoms with E-state index in [4.69, 9.17) is 4.74 Å². The molecule has 2 heterocycles. The third-order valence-corrected chi connectivity index (χ3v) is 2.84. The van der Waals surface area contributed by atoms with E-state index < -0.39 is 0 Å². The third kappa shape index (κ3) is 2.37. The molecule has 6 nitrogen and oxygen atoms in total. The minimum absolute atomic E-state index is 0.102. The zero-order chi connectivity index (χ0) is 13.2. The Morgan fingerprint density at radius 1 is 1.42 bits per heavy atom. The van der Waals surface area contributed by atoms with Crippen LogP contribution in [0.3, 0.4) is 0 Å². The number of hydrogen-bond acceptors (Lipinski definition) is 4. The lowest BCUT2D eigenvalue weighted by atomic mass is 10.3. The number of amides is 1. The minimum Gasteiger partial charge on any atom is -0.508 e. The molecule has 6 heteroatoms. The molecule has 0 bridgehead atoms. The predicted molar refractivity (Wildman–Crippen MR) is 68.4 cm³/mol. The average molecular weight is 259 g/mol. The number of carbonyl (C=O) groups is 1.